The van der Waals surface area contributed by atoms with Crippen molar-refractivity contribution in [1.82, 2.24) is 0 Å². The topological polar surface area (TPSA) is 125 Å². The van der Waals surface area contributed by atoms with Crippen molar-refractivity contribution in [2.75, 3.05) is 0 Å². The Bertz CT molecular complexity index is 1070. The normalized spacial score (nSPS) is 47.0. The molecule has 4 aliphatic carbocycles. The minimum atomic E-state index is -5.05. The zero-order valence-corrected chi connectivity index (χ0v) is 24.4. The van der Waals surface area contributed by atoms with E-state index in [2.05, 4.69) is 40.7 Å². The van der Waals surface area contributed by atoms with Crippen LogP contribution in [0.2, 0.25) is 0 Å². The molecule has 12 atom stereocenters. The SMILES string of the molecule is CC(=O)O[C@@H]1C[C@]2(C)[C@H]3CC[C@]4(C)[C@@H]([C@H](C)[C@@H]5O[C@H]5CC(C)C)CC[C@H]4C3=CC[C@H]2[C@H](OS(=O)(=O)[O-])[C@H]1O. The van der Waals surface area contributed by atoms with Gasteiger partial charge in [0.1, 0.15) is 18.3 Å². The van der Waals surface area contributed by atoms with Gasteiger partial charge in [-0.2, -0.15) is 0 Å². The Balaban J connectivity index is 1.41. The molecular formula is C29H45O8S-. The number of fused-ring (bicyclic) bond motifs is 5. The van der Waals surface area contributed by atoms with Gasteiger partial charge in [0.15, 0.2) is 0 Å². The van der Waals surface area contributed by atoms with Crippen LogP contribution in [0.3, 0.4) is 0 Å². The second kappa shape index (κ2) is 9.82. The van der Waals surface area contributed by atoms with Crippen LogP contribution in [0.25, 0.3) is 0 Å². The number of ether oxygens (including phenoxy) is 2. The van der Waals surface area contributed by atoms with Gasteiger partial charge in [0.05, 0.1) is 12.2 Å². The Morgan fingerprint density at radius 2 is 1.87 bits per heavy atom. The number of carbonyl (C=O) groups is 1. The molecule has 1 aliphatic heterocycles. The molecule has 8 nitrogen and oxygen atoms in total. The molecule has 0 bridgehead atoms. The third kappa shape index (κ3) is 4.89. The van der Waals surface area contributed by atoms with E-state index in [1.165, 1.54) is 18.9 Å². The van der Waals surface area contributed by atoms with E-state index in [4.69, 9.17) is 13.7 Å². The number of hydrogen-bond acceptors (Lipinski definition) is 8. The van der Waals surface area contributed by atoms with Crippen LogP contribution in [0, 0.1) is 46.3 Å². The van der Waals surface area contributed by atoms with E-state index in [0.29, 0.717) is 48.7 Å². The van der Waals surface area contributed by atoms with E-state index in [1.807, 2.05) is 0 Å². The Morgan fingerprint density at radius 1 is 1.18 bits per heavy atom. The van der Waals surface area contributed by atoms with Crippen molar-refractivity contribution in [1.29, 1.82) is 0 Å². The standard InChI is InChI=1S/C29H46O8S/c1-15(2)13-23-26(36-23)16(3)19-9-10-20-18-7-8-22-27(37-38(32,33)34)25(31)24(35-17(4)30)14-29(22,6)21(18)11-12-28(19,20)5/h7,15-16,19-27,31H,8-14H2,1-6H3,(H,32,33,34)/p-1/t16-,19+,20-,21-,22-,23-,24+,25-,26-,27-,28+,29+/m0/s1. The molecule has 5 aliphatic rings. The molecule has 38 heavy (non-hydrogen) atoms. The van der Waals surface area contributed by atoms with Crippen LogP contribution in [0.15, 0.2) is 11.6 Å². The first-order valence-corrected chi connectivity index (χ1v) is 15.8. The highest BCUT2D eigenvalue weighted by atomic mass is 32.3. The molecule has 1 saturated heterocycles. The zero-order valence-electron chi connectivity index (χ0n) is 23.6. The second-order valence-corrected chi connectivity index (χ2v) is 14.8. The maximum atomic E-state index is 11.9. The van der Waals surface area contributed by atoms with E-state index in [1.54, 1.807) is 0 Å². The first kappa shape index (κ1) is 28.5. The molecular weight excluding hydrogens is 508 g/mol. The lowest BCUT2D eigenvalue weighted by atomic mass is 9.47. The van der Waals surface area contributed by atoms with Gasteiger partial charge in [0.25, 0.3) is 0 Å². The molecule has 0 spiro atoms. The first-order chi connectivity index (χ1) is 17.7. The summed E-state index contributed by atoms with van der Waals surface area (Å²) in [5, 5.41) is 11.0. The van der Waals surface area contributed by atoms with Crippen molar-refractivity contribution < 1.29 is 36.5 Å². The largest absolute Gasteiger partial charge is 0.726 e. The van der Waals surface area contributed by atoms with Gasteiger partial charge in [-0.15, -0.1) is 0 Å². The average Bonchev–Trinajstić information content (AvgIpc) is 3.45. The zero-order chi connectivity index (χ0) is 27.8. The highest BCUT2D eigenvalue weighted by molar-refractivity contribution is 7.80. The van der Waals surface area contributed by atoms with Crippen LogP contribution in [0.5, 0.6) is 0 Å². The number of allylic oxidation sites excluding steroid dienone is 2. The summed E-state index contributed by atoms with van der Waals surface area (Å²) in [5.41, 5.74) is 1.15. The fraction of sp³-hybridized carbons (Fsp3) is 0.897. The number of carbonyl (C=O) groups excluding carboxylic acids is 1. The third-order valence-electron chi connectivity index (χ3n) is 11.2. The lowest BCUT2D eigenvalue weighted by molar-refractivity contribution is -0.189. The van der Waals surface area contributed by atoms with E-state index < -0.39 is 40.1 Å². The van der Waals surface area contributed by atoms with Crippen LogP contribution >= 0.6 is 0 Å². The third-order valence-corrected chi connectivity index (χ3v) is 11.7. The number of hydrogen-bond donors (Lipinski definition) is 1. The fourth-order valence-corrected chi connectivity index (χ4v) is 10.1. The molecule has 1 N–H and O–H groups in total. The van der Waals surface area contributed by atoms with Gasteiger partial charge in [-0.05, 0) is 91.3 Å². The van der Waals surface area contributed by atoms with Gasteiger partial charge in [-0.25, -0.2) is 8.42 Å². The number of aliphatic hydroxyl groups is 1. The summed E-state index contributed by atoms with van der Waals surface area (Å²) in [6.45, 7) is 12.7. The van der Waals surface area contributed by atoms with Gasteiger partial charge in [0, 0.05) is 6.92 Å². The molecule has 0 aromatic carbocycles. The summed E-state index contributed by atoms with van der Waals surface area (Å²) < 4.78 is 51.5. The van der Waals surface area contributed by atoms with E-state index in [0.717, 1.165) is 25.7 Å². The quantitative estimate of drug-likeness (QED) is 0.162. The number of epoxide rings is 1. The molecule has 0 radical (unpaired) electrons. The molecule has 4 fully saturated rings. The van der Waals surface area contributed by atoms with Crippen molar-refractivity contribution in [3.05, 3.63) is 11.6 Å². The van der Waals surface area contributed by atoms with Crippen molar-refractivity contribution in [2.45, 2.75) is 117 Å². The summed E-state index contributed by atoms with van der Waals surface area (Å²) in [4.78, 5) is 11.9. The number of rotatable bonds is 7. The van der Waals surface area contributed by atoms with Crippen LogP contribution < -0.4 is 0 Å². The molecule has 0 amide bonds. The highest BCUT2D eigenvalue weighted by Crippen LogP contribution is 2.67. The van der Waals surface area contributed by atoms with Crippen LogP contribution in [0.4, 0.5) is 0 Å². The Labute approximate surface area is 227 Å². The molecule has 216 valence electrons. The monoisotopic (exact) mass is 553 g/mol. The Kier molecular flexibility index (Phi) is 7.37. The van der Waals surface area contributed by atoms with E-state index >= 15 is 0 Å². The first-order valence-electron chi connectivity index (χ1n) is 14.5. The van der Waals surface area contributed by atoms with Crippen LogP contribution in [-0.2, 0) is 28.9 Å². The summed E-state index contributed by atoms with van der Waals surface area (Å²) in [5.74, 6) is 1.42. The predicted molar refractivity (Wildman–Crippen MR) is 139 cm³/mol. The van der Waals surface area contributed by atoms with Crippen molar-refractivity contribution >= 4 is 16.4 Å². The summed E-state index contributed by atoms with van der Waals surface area (Å²) in [7, 11) is -5.05. The molecule has 1 heterocycles. The van der Waals surface area contributed by atoms with E-state index in [9.17, 15) is 22.9 Å². The highest BCUT2D eigenvalue weighted by Gasteiger charge is 2.63. The summed E-state index contributed by atoms with van der Waals surface area (Å²) >= 11 is 0. The number of esters is 1. The average molecular weight is 554 g/mol. The molecule has 5 rings (SSSR count). The predicted octanol–water partition coefficient (Wildman–Crippen LogP) is 4.37. The lowest BCUT2D eigenvalue weighted by Crippen LogP contribution is -2.61. The van der Waals surface area contributed by atoms with E-state index in [-0.39, 0.29) is 17.3 Å². The van der Waals surface area contributed by atoms with Gasteiger partial charge < -0.3 is 19.1 Å². The molecule has 9 heteroatoms. The molecule has 0 unspecified atom stereocenters. The van der Waals surface area contributed by atoms with Crippen LogP contribution in [-0.4, -0.2) is 54.6 Å². The lowest BCUT2D eigenvalue weighted by Gasteiger charge is -2.60. The Morgan fingerprint density at radius 3 is 2.50 bits per heavy atom. The summed E-state index contributed by atoms with van der Waals surface area (Å²) in [6, 6.07) is 0. The molecule has 3 saturated carbocycles. The smallest absolute Gasteiger partial charge is 0.302 e. The van der Waals surface area contributed by atoms with Crippen molar-refractivity contribution in [2.24, 2.45) is 46.3 Å². The maximum Gasteiger partial charge on any atom is 0.302 e. The van der Waals surface area contributed by atoms with Crippen LogP contribution in [0.1, 0.15) is 86.5 Å². The van der Waals surface area contributed by atoms with Crippen molar-refractivity contribution in [3.63, 3.8) is 0 Å². The fourth-order valence-electron chi connectivity index (χ4n) is 9.58. The summed E-state index contributed by atoms with van der Waals surface area (Å²) in [6.07, 6.45) is 5.82. The van der Waals surface area contributed by atoms with Gasteiger partial charge in [-0.1, -0.05) is 46.3 Å². The number of aliphatic hydroxyl groups excluding tert-OH is 1. The van der Waals surface area contributed by atoms with Gasteiger partial charge >= 0.3 is 5.97 Å². The Hall–Kier alpha value is -1.00. The van der Waals surface area contributed by atoms with Gasteiger partial charge in [-0.3, -0.25) is 8.98 Å². The van der Waals surface area contributed by atoms with Crippen molar-refractivity contribution in [3.8, 4) is 0 Å². The molecule has 0 aromatic rings. The minimum Gasteiger partial charge on any atom is -0.726 e. The maximum absolute atomic E-state index is 11.9. The second-order valence-electron chi connectivity index (χ2n) is 13.8. The van der Waals surface area contributed by atoms with Gasteiger partial charge in [0.2, 0.25) is 10.4 Å². The minimum absolute atomic E-state index is 0.158. The molecule has 0 aromatic heterocycles.